The third-order valence-electron chi connectivity index (χ3n) is 12.9. The zero-order chi connectivity index (χ0) is 53.4. The molecule has 0 heterocycles. The monoisotopic (exact) mass is 1020 g/mol. The Morgan fingerprint density at radius 2 is 0.781 bits per heavy atom. The summed E-state index contributed by atoms with van der Waals surface area (Å²) >= 11 is 0. The Labute approximate surface area is 449 Å². The van der Waals surface area contributed by atoms with Gasteiger partial charge in [-0.3, -0.25) is 9.59 Å². The van der Waals surface area contributed by atoms with Crippen LogP contribution in [0.25, 0.3) is 0 Å². The van der Waals surface area contributed by atoms with Crippen LogP contribution < -0.4 is 0 Å². The van der Waals surface area contributed by atoms with Gasteiger partial charge in [0.15, 0.2) is 6.10 Å². The summed E-state index contributed by atoms with van der Waals surface area (Å²) in [5.41, 5.74) is 0. The van der Waals surface area contributed by atoms with Crippen molar-refractivity contribution in [3.63, 3.8) is 0 Å². The lowest BCUT2D eigenvalue weighted by Crippen LogP contribution is -2.40. The number of ether oxygens (including phenoxy) is 4. The lowest BCUT2D eigenvalue weighted by molar-refractivity contribution is -0.870. The molecule has 0 aliphatic rings. The molecule has 9 heteroatoms. The number of hydrogen-bond acceptors (Lipinski definition) is 7. The van der Waals surface area contributed by atoms with E-state index in [4.69, 9.17) is 18.9 Å². The van der Waals surface area contributed by atoms with Crippen LogP contribution in [0.1, 0.15) is 258 Å². The largest absolute Gasteiger partial charge is 0.477 e. The quantitative estimate of drug-likeness (QED) is 0.0211. The molecule has 2 atom stereocenters. The first kappa shape index (κ1) is 69.7. The van der Waals surface area contributed by atoms with Gasteiger partial charge < -0.3 is 28.5 Å². The summed E-state index contributed by atoms with van der Waals surface area (Å²) in [4.78, 5) is 37.3. The molecule has 0 aliphatic heterocycles. The summed E-state index contributed by atoms with van der Waals surface area (Å²) in [6.45, 7) is 4.72. The SMILES string of the molecule is CC/C=C\C/C=C\C/C=C\C/C=C\C/C=C\CCCCCCCCCCCCCCCCCCCCCCCC(=O)OC(COC(=O)CCCCCCC/C=C\CCCC)COC(OCC[N+](C)(C)C)C(=O)O. The fourth-order valence-corrected chi connectivity index (χ4v) is 8.32. The third-order valence-corrected chi connectivity index (χ3v) is 12.9. The predicted molar refractivity (Wildman–Crippen MR) is 309 cm³/mol. The van der Waals surface area contributed by atoms with Gasteiger partial charge in [-0.2, -0.15) is 0 Å². The van der Waals surface area contributed by atoms with Gasteiger partial charge in [0, 0.05) is 12.8 Å². The van der Waals surface area contributed by atoms with Gasteiger partial charge in [0.25, 0.3) is 6.29 Å². The van der Waals surface area contributed by atoms with Crippen molar-refractivity contribution < 1.29 is 42.9 Å². The molecule has 0 saturated heterocycles. The number of hydrogen-bond donors (Lipinski definition) is 1. The lowest BCUT2D eigenvalue weighted by atomic mass is 10.0. The number of allylic oxidation sites excluding steroid dienone is 12. The van der Waals surface area contributed by atoms with Gasteiger partial charge in [-0.1, -0.05) is 241 Å². The van der Waals surface area contributed by atoms with E-state index in [1.807, 2.05) is 21.1 Å². The molecule has 422 valence electrons. The zero-order valence-corrected chi connectivity index (χ0v) is 48.0. The molecule has 9 nitrogen and oxygen atoms in total. The van der Waals surface area contributed by atoms with Crippen molar-refractivity contribution in [3.8, 4) is 0 Å². The highest BCUT2D eigenvalue weighted by Gasteiger charge is 2.25. The Morgan fingerprint density at radius 1 is 0.425 bits per heavy atom. The number of quaternary nitrogens is 1. The van der Waals surface area contributed by atoms with Crippen molar-refractivity contribution in [1.29, 1.82) is 0 Å². The molecule has 73 heavy (non-hydrogen) atoms. The number of rotatable bonds is 55. The molecular formula is C64H114NO8+. The Bertz CT molecular complexity index is 1420. The second kappa shape index (κ2) is 55.0. The molecule has 0 fully saturated rings. The van der Waals surface area contributed by atoms with Crippen LogP contribution in [0.3, 0.4) is 0 Å². The average molecular weight is 1030 g/mol. The van der Waals surface area contributed by atoms with Crippen LogP contribution in [-0.2, 0) is 33.3 Å². The lowest BCUT2D eigenvalue weighted by Gasteiger charge is -2.25. The van der Waals surface area contributed by atoms with Gasteiger partial charge in [0.1, 0.15) is 13.2 Å². The minimum Gasteiger partial charge on any atom is -0.477 e. The smallest absolute Gasteiger partial charge is 0.361 e. The second-order valence-electron chi connectivity index (χ2n) is 21.3. The number of esters is 2. The Hall–Kier alpha value is -3.27. The van der Waals surface area contributed by atoms with Crippen LogP contribution in [-0.4, -0.2) is 87.4 Å². The summed E-state index contributed by atoms with van der Waals surface area (Å²) < 4.78 is 22.8. The van der Waals surface area contributed by atoms with E-state index in [2.05, 4.69) is 86.8 Å². The first-order chi connectivity index (χ1) is 35.6. The van der Waals surface area contributed by atoms with E-state index < -0.39 is 24.3 Å². The molecular weight excluding hydrogens is 911 g/mol. The van der Waals surface area contributed by atoms with Crippen LogP contribution in [0.2, 0.25) is 0 Å². The fraction of sp³-hybridized carbons (Fsp3) is 0.766. The number of carboxylic acid groups (broad SMARTS) is 1. The average Bonchev–Trinajstić information content (AvgIpc) is 3.36. The number of carbonyl (C=O) groups is 3. The van der Waals surface area contributed by atoms with Crippen molar-refractivity contribution in [1.82, 2.24) is 0 Å². The van der Waals surface area contributed by atoms with Gasteiger partial charge in [0.05, 0.1) is 34.4 Å². The van der Waals surface area contributed by atoms with E-state index in [0.717, 1.165) is 96.3 Å². The van der Waals surface area contributed by atoms with Crippen LogP contribution in [0.5, 0.6) is 0 Å². The van der Waals surface area contributed by atoms with E-state index in [9.17, 15) is 19.5 Å². The number of carboxylic acids is 1. The number of carbonyl (C=O) groups excluding carboxylic acids is 2. The van der Waals surface area contributed by atoms with Gasteiger partial charge in [-0.25, -0.2) is 4.79 Å². The van der Waals surface area contributed by atoms with E-state index in [1.165, 1.54) is 135 Å². The summed E-state index contributed by atoms with van der Waals surface area (Å²) in [5, 5.41) is 9.68. The number of unbranched alkanes of at least 4 members (excludes halogenated alkanes) is 28. The highest BCUT2D eigenvalue weighted by Crippen LogP contribution is 2.17. The maximum atomic E-state index is 12.9. The molecule has 1 N–H and O–H groups in total. The first-order valence-corrected chi connectivity index (χ1v) is 30.1. The van der Waals surface area contributed by atoms with Gasteiger partial charge in [0.2, 0.25) is 0 Å². The molecule has 0 aliphatic carbocycles. The van der Waals surface area contributed by atoms with Gasteiger partial charge in [-0.05, 0) is 77.0 Å². The fourth-order valence-electron chi connectivity index (χ4n) is 8.32. The molecule has 0 amide bonds. The summed E-state index contributed by atoms with van der Waals surface area (Å²) in [6.07, 6.45) is 68.7. The maximum Gasteiger partial charge on any atom is 0.361 e. The zero-order valence-electron chi connectivity index (χ0n) is 48.0. The Balaban J connectivity index is 3.98. The molecule has 0 aromatic heterocycles. The van der Waals surface area contributed by atoms with Crippen molar-refractivity contribution in [2.24, 2.45) is 0 Å². The number of nitrogens with zero attached hydrogens (tertiary/aromatic N) is 1. The number of aliphatic carboxylic acids is 1. The van der Waals surface area contributed by atoms with Crippen LogP contribution in [0.15, 0.2) is 72.9 Å². The first-order valence-electron chi connectivity index (χ1n) is 30.1. The van der Waals surface area contributed by atoms with E-state index in [-0.39, 0.29) is 32.2 Å². The molecule has 0 spiro atoms. The minimum atomic E-state index is -1.51. The van der Waals surface area contributed by atoms with Crippen molar-refractivity contribution in [2.75, 3.05) is 47.5 Å². The van der Waals surface area contributed by atoms with Crippen molar-refractivity contribution in [3.05, 3.63) is 72.9 Å². The van der Waals surface area contributed by atoms with Crippen molar-refractivity contribution in [2.45, 2.75) is 270 Å². The van der Waals surface area contributed by atoms with Crippen LogP contribution >= 0.6 is 0 Å². The van der Waals surface area contributed by atoms with E-state index in [0.29, 0.717) is 17.4 Å². The molecule has 0 radical (unpaired) electrons. The van der Waals surface area contributed by atoms with Gasteiger partial charge >= 0.3 is 17.9 Å². The highest BCUT2D eigenvalue weighted by atomic mass is 16.7. The maximum absolute atomic E-state index is 12.9. The molecule has 0 bridgehead atoms. The third kappa shape index (κ3) is 56.3. The minimum absolute atomic E-state index is 0.185. The highest BCUT2D eigenvalue weighted by molar-refractivity contribution is 5.71. The molecule has 0 aromatic rings. The van der Waals surface area contributed by atoms with E-state index in [1.54, 1.807) is 0 Å². The van der Waals surface area contributed by atoms with Gasteiger partial charge in [-0.15, -0.1) is 0 Å². The molecule has 0 rings (SSSR count). The number of likely N-dealkylation sites (N-methyl/N-ethyl adjacent to an activating group) is 1. The normalized spacial score (nSPS) is 13.3. The Morgan fingerprint density at radius 3 is 1.18 bits per heavy atom. The Kier molecular flexibility index (Phi) is 52.5. The second-order valence-corrected chi connectivity index (χ2v) is 21.3. The summed E-state index contributed by atoms with van der Waals surface area (Å²) in [7, 11) is 5.96. The van der Waals surface area contributed by atoms with Crippen LogP contribution in [0.4, 0.5) is 0 Å². The molecule has 2 unspecified atom stereocenters. The molecule has 0 saturated carbocycles. The summed E-state index contributed by atoms with van der Waals surface area (Å²) in [5.74, 6) is -2.01. The topological polar surface area (TPSA) is 108 Å². The standard InChI is InChI=1S/C64H113NO8/c1-6-8-10-12-14-16-18-19-20-21-22-23-24-25-26-27-28-29-30-31-32-33-34-35-36-37-38-39-40-41-42-43-45-47-49-51-53-55-62(67)73-60(59-72-64(63(68)69)70-57-56-65(3,4)5)58-71-61(66)54-52-50-48-46-44-17-15-13-11-9-7-2/h8,10,13-16,19-20,22-23,25-26,60,64H,6-7,9,11-12,17-18,21,24,27-59H2,1-5H3/p+1/b10-8-,15-13-,16-14-,20-19-,23-22-,26-25-. The predicted octanol–water partition coefficient (Wildman–Crippen LogP) is 17.8. The molecule has 0 aromatic carbocycles. The van der Waals surface area contributed by atoms with Crippen LogP contribution in [0, 0.1) is 0 Å². The summed E-state index contributed by atoms with van der Waals surface area (Å²) in [6, 6.07) is 0. The van der Waals surface area contributed by atoms with E-state index >= 15 is 0 Å². The van der Waals surface area contributed by atoms with Crippen molar-refractivity contribution >= 4 is 17.9 Å².